The number of allylic oxidation sites excluding steroid dienone is 1. The summed E-state index contributed by atoms with van der Waals surface area (Å²) < 4.78 is 45.3. The number of hydrogen-bond donors (Lipinski definition) is 3. The number of fused-ring (bicyclic) bond motifs is 3. The molecule has 0 spiro atoms. The van der Waals surface area contributed by atoms with Crippen molar-refractivity contribution < 1.29 is 27.8 Å². The van der Waals surface area contributed by atoms with Gasteiger partial charge in [0.25, 0.3) is 15.2 Å². The Balaban J connectivity index is 1.55. The molecule has 0 amide bonds. The van der Waals surface area contributed by atoms with Crippen LogP contribution in [0.3, 0.4) is 0 Å². The lowest BCUT2D eigenvalue weighted by Gasteiger charge is -2.71. The first-order valence-electron chi connectivity index (χ1n) is 20.1. The van der Waals surface area contributed by atoms with Crippen LogP contribution in [0, 0.1) is 56.7 Å². The molecule has 2 heterocycles. The van der Waals surface area contributed by atoms with E-state index in [1.54, 1.807) is 11.6 Å². The zero-order valence-electron chi connectivity index (χ0n) is 33.5. The van der Waals surface area contributed by atoms with Gasteiger partial charge in [0.1, 0.15) is 6.33 Å². The number of nitrogens with one attached hydrogen (secondary N) is 1. The molecule has 0 aromatic carbocycles. The van der Waals surface area contributed by atoms with Gasteiger partial charge in [-0.1, -0.05) is 80.9 Å². The molecule has 11 atom stereocenters. The van der Waals surface area contributed by atoms with Crippen molar-refractivity contribution in [3.05, 3.63) is 18.0 Å². The number of carboxylic acids is 1. The highest BCUT2D eigenvalue weighted by molar-refractivity contribution is 7.89. The predicted molar refractivity (Wildman–Crippen MR) is 201 cm³/mol. The van der Waals surface area contributed by atoms with E-state index in [0.717, 1.165) is 38.5 Å². The van der Waals surface area contributed by atoms with Crippen LogP contribution >= 0.6 is 0 Å². The molecule has 0 radical (unpaired) electrons. The maximum absolute atomic E-state index is 13.6. The number of ether oxygens (including phenoxy) is 2. The molecule has 4 aliphatic carbocycles. The van der Waals surface area contributed by atoms with Crippen molar-refractivity contribution in [3.8, 4) is 0 Å². The summed E-state index contributed by atoms with van der Waals surface area (Å²) in [5, 5.41) is 15.7. The first kappa shape index (κ1) is 39.8. The van der Waals surface area contributed by atoms with Gasteiger partial charge in [0, 0.05) is 17.5 Å². The molecule has 2 bridgehead atoms. The van der Waals surface area contributed by atoms with Gasteiger partial charge in [-0.3, -0.25) is 4.79 Å². The van der Waals surface area contributed by atoms with Gasteiger partial charge in [0.05, 0.1) is 37.9 Å². The van der Waals surface area contributed by atoms with E-state index >= 15 is 0 Å². The van der Waals surface area contributed by atoms with Crippen LogP contribution in [-0.4, -0.2) is 72.3 Å². The van der Waals surface area contributed by atoms with Gasteiger partial charge in [0.15, 0.2) is 0 Å². The number of aromatic nitrogens is 3. The number of nitrogens with zero attached hydrogens (tertiary/aromatic N) is 3. The minimum atomic E-state index is -3.94. The number of hydrogen-bond acceptors (Lipinski definition) is 8. The molecular weight excluding hydrogens is 679 g/mol. The first-order valence-corrected chi connectivity index (χ1v) is 21.5. The van der Waals surface area contributed by atoms with Gasteiger partial charge in [-0.05, 0) is 96.7 Å². The van der Waals surface area contributed by atoms with Crippen molar-refractivity contribution >= 4 is 16.0 Å². The highest BCUT2D eigenvalue weighted by atomic mass is 32.2. The molecule has 52 heavy (non-hydrogen) atoms. The van der Waals surface area contributed by atoms with Crippen LogP contribution in [0.5, 0.6) is 0 Å². The number of sulfonamides is 1. The van der Waals surface area contributed by atoms with Crippen LogP contribution in [0.15, 0.2) is 23.1 Å². The van der Waals surface area contributed by atoms with Gasteiger partial charge in [-0.25, -0.2) is 22.8 Å². The molecule has 1 aromatic rings. The fourth-order valence-corrected chi connectivity index (χ4v) is 13.8. The minimum absolute atomic E-state index is 0.102. The molecule has 11 nitrogen and oxygen atoms in total. The van der Waals surface area contributed by atoms with Crippen LogP contribution in [0.25, 0.3) is 0 Å². The molecule has 1 aliphatic heterocycles. The van der Waals surface area contributed by atoms with E-state index in [1.807, 2.05) is 0 Å². The Morgan fingerprint density at radius 3 is 2.42 bits per heavy atom. The predicted octanol–water partition coefficient (Wildman–Crippen LogP) is 6.61. The van der Waals surface area contributed by atoms with Crippen molar-refractivity contribution in [1.29, 1.82) is 0 Å². The highest BCUT2D eigenvalue weighted by Crippen LogP contribution is 2.75. The summed E-state index contributed by atoms with van der Waals surface area (Å²) in [5.74, 6) is -0.203. The minimum Gasteiger partial charge on any atom is -0.481 e. The first-order chi connectivity index (χ1) is 24.2. The van der Waals surface area contributed by atoms with E-state index in [-0.39, 0.29) is 45.7 Å². The second kappa shape index (κ2) is 13.4. The lowest BCUT2D eigenvalue weighted by Crippen LogP contribution is -2.70. The number of rotatable bonds is 12. The molecule has 4 N–H and O–H groups in total. The van der Waals surface area contributed by atoms with Gasteiger partial charge in [0.2, 0.25) is 0 Å². The Labute approximate surface area is 312 Å². The van der Waals surface area contributed by atoms with Gasteiger partial charge in [-0.2, -0.15) is 5.10 Å². The third kappa shape index (κ3) is 5.61. The Bertz CT molecular complexity index is 1660. The number of aliphatic carboxylic acids is 1. The summed E-state index contributed by atoms with van der Waals surface area (Å²) in [7, 11) is -3.94. The Hall–Kier alpha value is -1.86. The molecule has 3 saturated carbocycles. The van der Waals surface area contributed by atoms with Crippen LogP contribution in [0.2, 0.25) is 0 Å². The van der Waals surface area contributed by atoms with Crippen molar-refractivity contribution in [2.45, 2.75) is 143 Å². The maximum Gasteiger partial charge on any atom is 0.307 e. The fraction of sp³-hybridized carbons (Fsp3) is 0.875. The highest BCUT2D eigenvalue weighted by Gasteiger charge is 2.73. The van der Waals surface area contributed by atoms with Gasteiger partial charge >= 0.3 is 5.97 Å². The molecule has 4 fully saturated rings. The molecular formula is C40H67N5O6S. The van der Waals surface area contributed by atoms with Crippen molar-refractivity contribution in [1.82, 2.24) is 19.5 Å². The van der Waals surface area contributed by atoms with E-state index in [2.05, 4.69) is 83.2 Å². The van der Waals surface area contributed by atoms with Gasteiger partial charge in [-0.15, -0.1) is 0 Å². The van der Waals surface area contributed by atoms with E-state index in [9.17, 15) is 18.3 Å². The lowest BCUT2D eigenvalue weighted by molar-refractivity contribution is -0.255. The van der Waals surface area contributed by atoms with Crippen LogP contribution in [0.4, 0.5) is 0 Å². The second-order valence-electron chi connectivity index (χ2n) is 18.9. The van der Waals surface area contributed by atoms with Crippen molar-refractivity contribution in [3.63, 3.8) is 0 Å². The summed E-state index contributed by atoms with van der Waals surface area (Å²) in [6, 6.07) is -0.442. The molecule has 294 valence electrons. The van der Waals surface area contributed by atoms with Crippen molar-refractivity contribution in [2.75, 3.05) is 26.4 Å². The fourth-order valence-electron chi connectivity index (χ4n) is 12.7. The van der Waals surface area contributed by atoms with Crippen LogP contribution in [0.1, 0.15) is 127 Å². The van der Waals surface area contributed by atoms with Crippen molar-refractivity contribution in [2.24, 2.45) is 62.4 Å². The zero-order valence-corrected chi connectivity index (χ0v) is 34.3. The molecule has 1 saturated heterocycles. The summed E-state index contributed by atoms with van der Waals surface area (Å²) in [6.45, 7) is 23.4. The Morgan fingerprint density at radius 2 is 1.81 bits per heavy atom. The summed E-state index contributed by atoms with van der Waals surface area (Å²) in [5.41, 5.74) is 5.76. The number of carbonyl (C=O) groups is 1. The van der Waals surface area contributed by atoms with E-state index in [1.165, 1.54) is 11.9 Å². The lowest BCUT2D eigenvalue weighted by atomic mass is 9.34. The topological polar surface area (TPSA) is 159 Å². The van der Waals surface area contributed by atoms with E-state index in [4.69, 9.17) is 15.2 Å². The molecule has 12 heteroatoms. The maximum atomic E-state index is 13.6. The van der Waals surface area contributed by atoms with E-state index < -0.39 is 50.4 Å². The smallest absolute Gasteiger partial charge is 0.307 e. The van der Waals surface area contributed by atoms with Crippen LogP contribution in [-0.2, 0) is 24.3 Å². The number of nitrogens with two attached hydrogens (primary N) is 1. The molecule has 1 aromatic heterocycles. The summed E-state index contributed by atoms with van der Waals surface area (Å²) >= 11 is 0. The molecule has 0 unspecified atom stereocenters. The summed E-state index contributed by atoms with van der Waals surface area (Å²) in [4.78, 5) is 17.9. The van der Waals surface area contributed by atoms with E-state index in [0.29, 0.717) is 38.6 Å². The third-order valence-electron chi connectivity index (χ3n) is 16.4. The standard InChI is InChI=1S/C40H67N5O6S/c1-11-39(41,12-2)22-51-32-29(45-34(42-24-43-45)52(48,49)44-13-3)20-35(7)21-50-23-40(32)28-16-17-38(10)31(33(46)47)36(8,26(6)25(4)5)18-19-37(38,9)27(28)14-15-30(35)40/h16,24-27,29-32,44H,11-15,17-23,41H2,1-10H3,(H,46,47)/t26-,27+,29-,30-,31-,32+,35-,36-,37-,38+,40+/m1/s1. The average molecular weight is 746 g/mol. The summed E-state index contributed by atoms with van der Waals surface area (Å²) in [6.07, 6.45) is 9.76. The molecule has 6 rings (SSSR count). The Kier molecular flexibility index (Phi) is 10.3. The quantitative estimate of drug-likeness (QED) is 0.200. The normalized spacial score (nSPS) is 41.1. The van der Waals surface area contributed by atoms with Crippen LogP contribution < -0.4 is 10.5 Å². The zero-order chi connectivity index (χ0) is 38.3. The number of carboxylic acid groups (broad SMARTS) is 1. The SMILES string of the molecule is CCNS(=O)(=O)c1ncnn1[C@@H]1C[C@]2(C)COC[C@@]3(C4=CC[C@@]5(C)[C@H](C(=O)O)[C@@](C)([C@H](C)C(C)C)CC[C@]5(C)[C@H]4CC[C@H]23)[C@H]1OCC(N)(CC)CC. The Morgan fingerprint density at radius 1 is 1.12 bits per heavy atom. The monoisotopic (exact) mass is 745 g/mol. The average Bonchev–Trinajstić information content (AvgIpc) is 3.58. The van der Waals surface area contributed by atoms with Gasteiger partial charge < -0.3 is 20.3 Å². The second-order valence-corrected chi connectivity index (χ2v) is 20.6. The largest absolute Gasteiger partial charge is 0.481 e. The molecule has 5 aliphatic rings. The third-order valence-corrected chi connectivity index (χ3v) is 17.8.